The second kappa shape index (κ2) is 8.07. The summed E-state index contributed by atoms with van der Waals surface area (Å²) in [5.74, 6) is 0.998. The monoisotopic (exact) mass is 300 g/mol. The lowest BCUT2D eigenvalue weighted by Gasteiger charge is -2.22. The molecule has 1 unspecified atom stereocenters. The third-order valence-electron chi connectivity index (χ3n) is 3.49. The molecule has 0 saturated carbocycles. The molecule has 1 saturated heterocycles. The van der Waals surface area contributed by atoms with E-state index in [-0.39, 0.29) is 23.0 Å². The van der Waals surface area contributed by atoms with Crippen LogP contribution in [0, 0.1) is 23.0 Å². The first-order valence-corrected chi connectivity index (χ1v) is 6.75. The number of nitro groups is 1. The standard InChI is InChI=1S/C14H20N2O3.ClH/c1-11-4-5-14(13(9-11)16(17)18)19-8-6-12-3-2-7-15-10-12;/h4-5,9,12,15H,2-3,6-8,10H2,1H3;1H. The van der Waals surface area contributed by atoms with Gasteiger partial charge >= 0.3 is 5.69 Å². The minimum Gasteiger partial charge on any atom is -0.487 e. The van der Waals surface area contributed by atoms with Crippen molar-refractivity contribution in [3.63, 3.8) is 0 Å². The van der Waals surface area contributed by atoms with Gasteiger partial charge in [-0.2, -0.15) is 0 Å². The molecule has 1 N–H and O–H groups in total. The number of rotatable bonds is 5. The minimum atomic E-state index is -0.384. The Balaban J connectivity index is 0.00000200. The van der Waals surface area contributed by atoms with Gasteiger partial charge in [-0.15, -0.1) is 12.4 Å². The van der Waals surface area contributed by atoms with E-state index in [4.69, 9.17) is 4.74 Å². The Morgan fingerprint density at radius 3 is 2.95 bits per heavy atom. The molecule has 6 heteroatoms. The maximum atomic E-state index is 11.0. The Labute approximate surface area is 125 Å². The number of benzene rings is 1. The predicted molar refractivity (Wildman–Crippen MR) is 80.8 cm³/mol. The average Bonchev–Trinajstić information content (AvgIpc) is 2.41. The van der Waals surface area contributed by atoms with Crippen molar-refractivity contribution in [2.45, 2.75) is 26.2 Å². The number of ether oxygens (including phenoxy) is 1. The zero-order chi connectivity index (χ0) is 13.7. The molecule has 0 aliphatic carbocycles. The van der Waals surface area contributed by atoms with Gasteiger partial charge in [0.15, 0.2) is 5.75 Å². The second-order valence-electron chi connectivity index (χ2n) is 5.08. The van der Waals surface area contributed by atoms with Crippen molar-refractivity contribution in [1.82, 2.24) is 5.32 Å². The molecule has 2 rings (SSSR count). The number of nitrogens with one attached hydrogen (secondary N) is 1. The molecular formula is C14H21ClN2O3. The highest BCUT2D eigenvalue weighted by Gasteiger charge is 2.17. The molecule has 1 fully saturated rings. The van der Waals surface area contributed by atoms with E-state index in [9.17, 15) is 10.1 Å². The van der Waals surface area contributed by atoms with E-state index in [1.807, 2.05) is 13.0 Å². The Morgan fingerprint density at radius 1 is 1.50 bits per heavy atom. The molecule has 0 radical (unpaired) electrons. The summed E-state index contributed by atoms with van der Waals surface area (Å²) in [5.41, 5.74) is 0.928. The van der Waals surface area contributed by atoms with Crippen LogP contribution in [0.15, 0.2) is 18.2 Å². The highest BCUT2D eigenvalue weighted by atomic mass is 35.5. The summed E-state index contributed by atoms with van der Waals surface area (Å²) in [7, 11) is 0. The number of halogens is 1. The minimum absolute atomic E-state index is 0. The highest BCUT2D eigenvalue weighted by Crippen LogP contribution is 2.28. The summed E-state index contributed by atoms with van der Waals surface area (Å²) in [6.45, 7) is 4.50. The molecule has 1 aromatic rings. The van der Waals surface area contributed by atoms with Crippen molar-refractivity contribution >= 4 is 18.1 Å². The van der Waals surface area contributed by atoms with Crippen molar-refractivity contribution in [2.75, 3.05) is 19.7 Å². The summed E-state index contributed by atoms with van der Waals surface area (Å²) in [6.07, 6.45) is 3.36. The van der Waals surface area contributed by atoms with E-state index in [2.05, 4.69) is 5.32 Å². The van der Waals surface area contributed by atoms with Crippen LogP contribution >= 0.6 is 12.4 Å². The first-order chi connectivity index (χ1) is 9.16. The largest absolute Gasteiger partial charge is 0.487 e. The molecule has 0 amide bonds. The number of nitro benzene ring substituents is 1. The summed E-state index contributed by atoms with van der Waals surface area (Å²) < 4.78 is 5.59. The van der Waals surface area contributed by atoms with E-state index in [1.165, 1.54) is 12.8 Å². The lowest BCUT2D eigenvalue weighted by atomic mass is 9.97. The van der Waals surface area contributed by atoms with Gasteiger partial charge in [0.25, 0.3) is 0 Å². The van der Waals surface area contributed by atoms with Gasteiger partial charge in [-0.1, -0.05) is 6.07 Å². The zero-order valence-electron chi connectivity index (χ0n) is 11.6. The van der Waals surface area contributed by atoms with E-state index in [0.29, 0.717) is 18.3 Å². The molecule has 112 valence electrons. The summed E-state index contributed by atoms with van der Waals surface area (Å²) >= 11 is 0. The number of nitrogens with zero attached hydrogens (tertiary/aromatic N) is 1. The summed E-state index contributed by atoms with van der Waals surface area (Å²) in [5, 5.41) is 14.3. The van der Waals surface area contributed by atoms with Crippen LogP contribution in [-0.4, -0.2) is 24.6 Å². The van der Waals surface area contributed by atoms with E-state index in [1.54, 1.807) is 12.1 Å². The zero-order valence-corrected chi connectivity index (χ0v) is 12.4. The summed E-state index contributed by atoms with van der Waals surface area (Å²) in [6, 6.07) is 5.08. The predicted octanol–water partition coefficient (Wildman–Crippen LogP) is 3.09. The lowest BCUT2D eigenvalue weighted by Crippen LogP contribution is -2.30. The molecule has 0 spiro atoms. The Morgan fingerprint density at radius 2 is 2.30 bits per heavy atom. The van der Waals surface area contributed by atoms with Gasteiger partial charge < -0.3 is 10.1 Å². The van der Waals surface area contributed by atoms with Gasteiger partial charge in [0.05, 0.1) is 11.5 Å². The van der Waals surface area contributed by atoms with Crippen molar-refractivity contribution in [2.24, 2.45) is 5.92 Å². The van der Waals surface area contributed by atoms with Crippen LogP contribution in [0.3, 0.4) is 0 Å². The maximum absolute atomic E-state index is 11.0. The first kappa shape index (κ1) is 16.7. The van der Waals surface area contributed by atoms with E-state index in [0.717, 1.165) is 25.1 Å². The number of piperidine rings is 1. The molecular weight excluding hydrogens is 280 g/mol. The van der Waals surface area contributed by atoms with Gasteiger partial charge in [0, 0.05) is 6.07 Å². The molecule has 1 aliphatic rings. The van der Waals surface area contributed by atoms with Crippen LogP contribution in [0.5, 0.6) is 5.75 Å². The molecule has 1 aromatic carbocycles. The molecule has 0 bridgehead atoms. The average molecular weight is 301 g/mol. The van der Waals surface area contributed by atoms with E-state index >= 15 is 0 Å². The number of aryl methyl sites for hydroxylation is 1. The van der Waals surface area contributed by atoms with Crippen LogP contribution in [0.1, 0.15) is 24.8 Å². The maximum Gasteiger partial charge on any atom is 0.311 e. The van der Waals surface area contributed by atoms with Gasteiger partial charge in [-0.05, 0) is 56.8 Å². The second-order valence-corrected chi connectivity index (χ2v) is 5.08. The molecule has 20 heavy (non-hydrogen) atoms. The van der Waals surface area contributed by atoms with Gasteiger partial charge in [0.2, 0.25) is 0 Å². The lowest BCUT2D eigenvalue weighted by molar-refractivity contribution is -0.385. The Kier molecular flexibility index (Phi) is 6.75. The molecule has 0 aromatic heterocycles. The Hall–Kier alpha value is -1.33. The highest BCUT2D eigenvalue weighted by molar-refractivity contribution is 5.85. The fraction of sp³-hybridized carbons (Fsp3) is 0.571. The SMILES string of the molecule is Cc1ccc(OCCC2CCCNC2)c([N+](=O)[O-])c1.Cl. The van der Waals surface area contributed by atoms with Crippen molar-refractivity contribution in [3.8, 4) is 5.75 Å². The van der Waals surface area contributed by atoms with Gasteiger partial charge in [0.1, 0.15) is 0 Å². The quantitative estimate of drug-likeness (QED) is 0.670. The molecule has 1 atom stereocenters. The van der Waals surface area contributed by atoms with Crippen LogP contribution in [0.4, 0.5) is 5.69 Å². The van der Waals surface area contributed by atoms with Crippen molar-refractivity contribution < 1.29 is 9.66 Å². The molecule has 1 heterocycles. The fourth-order valence-corrected chi connectivity index (χ4v) is 2.40. The van der Waals surface area contributed by atoms with Crippen LogP contribution in [0.25, 0.3) is 0 Å². The van der Waals surface area contributed by atoms with Gasteiger partial charge in [-0.25, -0.2) is 0 Å². The molecule has 1 aliphatic heterocycles. The third kappa shape index (κ3) is 4.65. The van der Waals surface area contributed by atoms with E-state index < -0.39 is 0 Å². The fourth-order valence-electron chi connectivity index (χ4n) is 2.40. The van der Waals surface area contributed by atoms with Crippen LogP contribution in [-0.2, 0) is 0 Å². The smallest absolute Gasteiger partial charge is 0.311 e. The van der Waals surface area contributed by atoms with Crippen LogP contribution in [0.2, 0.25) is 0 Å². The van der Waals surface area contributed by atoms with Crippen molar-refractivity contribution in [3.05, 3.63) is 33.9 Å². The normalized spacial score (nSPS) is 18.1. The topological polar surface area (TPSA) is 64.4 Å². The van der Waals surface area contributed by atoms with Crippen LogP contribution < -0.4 is 10.1 Å². The van der Waals surface area contributed by atoms with Crippen molar-refractivity contribution in [1.29, 1.82) is 0 Å². The Bertz CT molecular complexity index is 448. The first-order valence-electron chi connectivity index (χ1n) is 6.75. The third-order valence-corrected chi connectivity index (χ3v) is 3.49. The number of hydrogen-bond acceptors (Lipinski definition) is 4. The van der Waals surface area contributed by atoms with Gasteiger partial charge in [-0.3, -0.25) is 10.1 Å². The number of hydrogen-bond donors (Lipinski definition) is 1. The summed E-state index contributed by atoms with van der Waals surface area (Å²) in [4.78, 5) is 10.6. The molecule has 5 nitrogen and oxygen atoms in total.